The molecule has 146 valence electrons. The molecular weight excluding hydrogens is 338 g/mol. The number of aromatic nitrogens is 2. The van der Waals surface area contributed by atoms with Gasteiger partial charge in [0.15, 0.2) is 0 Å². The first-order valence-corrected chi connectivity index (χ1v) is 9.51. The number of rotatable bonds is 5. The number of hydrogen-bond acceptors (Lipinski definition) is 3. The number of methoxy groups -OCH3 is 1. The van der Waals surface area contributed by atoms with Crippen LogP contribution in [-0.4, -0.2) is 16.2 Å². The van der Waals surface area contributed by atoms with Crippen LogP contribution in [0.3, 0.4) is 0 Å². The van der Waals surface area contributed by atoms with Gasteiger partial charge in [-0.2, -0.15) is 5.26 Å². The van der Waals surface area contributed by atoms with Gasteiger partial charge in [-0.25, -0.2) is 4.79 Å². The van der Waals surface area contributed by atoms with E-state index in [4.69, 9.17) is 4.74 Å². The molecule has 0 saturated carbocycles. The summed E-state index contributed by atoms with van der Waals surface area (Å²) in [4.78, 5) is 12.8. The van der Waals surface area contributed by atoms with Crippen molar-refractivity contribution in [2.45, 2.75) is 47.1 Å². The van der Waals surface area contributed by atoms with Crippen molar-refractivity contribution in [1.29, 1.82) is 5.26 Å². The first kappa shape index (κ1) is 20.8. The molecule has 0 spiro atoms. The van der Waals surface area contributed by atoms with Gasteiger partial charge in [0.05, 0.1) is 29.8 Å². The van der Waals surface area contributed by atoms with E-state index in [0.29, 0.717) is 13.0 Å². The van der Waals surface area contributed by atoms with Crippen molar-refractivity contribution in [3.8, 4) is 6.07 Å². The van der Waals surface area contributed by atoms with Crippen molar-refractivity contribution in [2.75, 3.05) is 7.11 Å². The van der Waals surface area contributed by atoms with Gasteiger partial charge in [-0.1, -0.05) is 45.9 Å². The zero-order valence-corrected chi connectivity index (χ0v) is 17.3. The summed E-state index contributed by atoms with van der Waals surface area (Å²) in [5.41, 5.74) is 0.0129. The molecule has 0 fully saturated rings. The molecule has 0 aromatic carbocycles. The zero-order valence-electron chi connectivity index (χ0n) is 17.3. The number of nitrogens with zero attached hydrogens (tertiary/aromatic N) is 3. The molecular formula is C22H31N3O2. The van der Waals surface area contributed by atoms with Gasteiger partial charge in [-0.05, 0) is 30.4 Å². The van der Waals surface area contributed by atoms with E-state index < -0.39 is 0 Å². The molecule has 0 radical (unpaired) electrons. The molecule has 1 aliphatic carbocycles. The van der Waals surface area contributed by atoms with Crippen LogP contribution in [0.5, 0.6) is 0 Å². The smallest absolute Gasteiger partial charge is 0.328 e. The van der Waals surface area contributed by atoms with E-state index in [0.717, 1.165) is 22.9 Å². The Kier molecular flexibility index (Phi) is 6.54. The summed E-state index contributed by atoms with van der Waals surface area (Å²) in [6, 6.07) is 2.35. The molecule has 5 heteroatoms. The van der Waals surface area contributed by atoms with Gasteiger partial charge in [0.25, 0.3) is 0 Å². The van der Waals surface area contributed by atoms with Gasteiger partial charge < -0.3 is 4.74 Å². The van der Waals surface area contributed by atoms with Gasteiger partial charge in [-0.15, -0.1) is 0 Å². The standard InChI is InChI=1S/C22H31N3O2/c1-7-8-20-19(24(5)21(26)25(20)15-22(2,3)4)12-10-16-13-18(27-6)11-9-17(16)14-23/h8-9,11-13,16-17H,7,10,15H2,1-6H3/b19-12+,20-8+. The highest BCUT2D eigenvalue weighted by Crippen LogP contribution is 2.26. The Morgan fingerprint density at radius 3 is 2.56 bits per heavy atom. The van der Waals surface area contributed by atoms with Gasteiger partial charge in [0, 0.05) is 19.5 Å². The summed E-state index contributed by atoms with van der Waals surface area (Å²) >= 11 is 0. The molecule has 0 amide bonds. The van der Waals surface area contributed by atoms with E-state index in [1.165, 1.54) is 0 Å². The van der Waals surface area contributed by atoms with Gasteiger partial charge >= 0.3 is 5.69 Å². The largest absolute Gasteiger partial charge is 0.497 e. The third-order valence-electron chi connectivity index (χ3n) is 4.74. The lowest BCUT2D eigenvalue weighted by Gasteiger charge is -2.19. The van der Waals surface area contributed by atoms with Gasteiger partial charge in [0.2, 0.25) is 0 Å². The monoisotopic (exact) mass is 369 g/mol. The molecule has 1 aromatic heterocycles. The van der Waals surface area contributed by atoms with Crippen molar-refractivity contribution in [3.05, 3.63) is 45.2 Å². The van der Waals surface area contributed by atoms with E-state index >= 15 is 0 Å². The molecule has 0 saturated heterocycles. The Labute approximate surface area is 161 Å². The average Bonchev–Trinajstić information content (AvgIpc) is 2.83. The Balaban J connectivity index is 2.52. The quantitative estimate of drug-likeness (QED) is 0.801. The summed E-state index contributed by atoms with van der Waals surface area (Å²) in [6.45, 7) is 9.14. The van der Waals surface area contributed by atoms with E-state index in [1.54, 1.807) is 11.7 Å². The minimum Gasteiger partial charge on any atom is -0.497 e. The summed E-state index contributed by atoms with van der Waals surface area (Å²) in [5, 5.41) is 11.3. The first-order valence-electron chi connectivity index (χ1n) is 9.51. The SMILES string of the molecule is CC/C=c1\c(=C/CC2C=C(OC)C=CC2C#N)n(C)c(=O)n1CC(C)(C)C. The fraction of sp³-hybridized carbons (Fsp3) is 0.545. The van der Waals surface area contributed by atoms with E-state index in [9.17, 15) is 10.1 Å². The van der Waals surface area contributed by atoms with Crippen molar-refractivity contribution in [1.82, 2.24) is 9.13 Å². The Hall–Kier alpha value is -2.48. The Morgan fingerprint density at radius 1 is 1.30 bits per heavy atom. The highest BCUT2D eigenvalue weighted by atomic mass is 16.5. The summed E-state index contributed by atoms with van der Waals surface area (Å²) in [6.07, 6.45) is 11.5. The molecule has 0 aliphatic heterocycles. The van der Waals surface area contributed by atoms with Crippen LogP contribution >= 0.6 is 0 Å². The van der Waals surface area contributed by atoms with Crippen molar-refractivity contribution >= 4 is 12.2 Å². The molecule has 2 atom stereocenters. The molecule has 5 nitrogen and oxygen atoms in total. The topological polar surface area (TPSA) is 59.9 Å². The molecule has 0 bridgehead atoms. The van der Waals surface area contributed by atoms with Crippen LogP contribution in [0.25, 0.3) is 12.2 Å². The third-order valence-corrected chi connectivity index (χ3v) is 4.74. The molecule has 1 aliphatic rings. The highest BCUT2D eigenvalue weighted by molar-refractivity contribution is 5.31. The van der Waals surface area contributed by atoms with Gasteiger partial charge in [-0.3, -0.25) is 9.13 Å². The molecule has 2 unspecified atom stereocenters. The molecule has 27 heavy (non-hydrogen) atoms. The summed E-state index contributed by atoms with van der Waals surface area (Å²) in [5.74, 6) is 0.623. The number of hydrogen-bond donors (Lipinski definition) is 0. The van der Waals surface area contributed by atoms with E-state index in [2.05, 4.69) is 45.9 Å². The predicted molar refractivity (Wildman–Crippen MR) is 109 cm³/mol. The fourth-order valence-corrected chi connectivity index (χ4v) is 3.42. The lowest BCUT2D eigenvalue weighted by molar-refractivity contribution is 0.297. The first-order chi connectivity index (χ1) is 12.7. The van der Waals surface area contributed by atoms with E-state index in [1.807, 2.05) is 29.8 Å². The second-order valence-electron chi connectivity index (χ2n) is 8.26. The number of ether oxygens (including phenoxy) is 1. The van der Waals surface area contributed by atoms with E-state index in [-0.39, 0.29) is 22.9 Å². The summed E-state index contributed by atoms with van der Waals surface area (Å²) < 4.78 is 8.90. The maximum absolute atomic E-state index is 12.8. The second kappa shape index (κ2) is 8.47. The lowest BCUT2D eigenvalue weighted by Crippen LogP contribution is -2.36. The Morgan fingerprint density at radius 2 is 2.00 bits per heavy atom. The zero-order chi connectivity index (χ0) is 20.2. The number of allylic oxidation sites excluding steroid dienone is 3. The number of nitriles is 1. The van der Waals surface area contributed by atoms with Crippen LogP contribution in [0.4, 0.5) is 0 Å². The summed E-state index contributed by atoms with van der Waals surface area (Å²) in [7, 11) is 3.45. The van der Waals surface area contributed by atoms with Crippen LogP contribution in [0, 0.1) is 28.6 Å². The normalized spacial score (nSPS) is 21.3. The average molecular weight is 370 g/mol. The minimum atomic E-state index is -0.188. The van der Waals surface area contributed by atoms with Crippen LogP contribution < -0.4 is 16.4 Å². The van der Waals surface area contributed by atoms with Crippen molar-refractivity contribution in [2.24, 2.45) is 24.3 Å². The second-order valence-corrected chi connectivity index (χ2v) is 8.26. The number of imidazole rings is 1. The van der Waals surface area contributed by atoms with Crippen LogP contribution in [0.2, 0.25) is 0 Å². The maximum atomic E-state index is 12.8. The lowest BCUT2D eigenvalue weighted by atomic mass is 9.86. The molecule has 1 aromatic rings. The van der Waals surface area contributed by atoms with Crippen LogP contribution in [-0.2, 0) is 18.3 Å². The van der Waals surface area contributed by atoms with Crippen LogP contribution in [0.1, 0.15) is 40.5 Å². The molecule has 2 rings (SSSR count). The third kappa shape index (κ3) is 4.82. The van der Waals surface area contributed by atoms with Gasteiger partial charge in [0.1, 0.15) is 5.76 Å². The maximum Gasteiger partial charge on any atom is 0.328 e. The predicted octanol–water partition coefficient (Wildman–Crippen LogP) is 2.45. The fourth-order valence-electron chi connectivity index (χ4n) is 3.42. The highest BCUT2D eigenvalue weighted by Gasteiger charge is 2.21. The molecule has 0 N–H and O–H groups in total. The Bertz CT molecular complexity index is 946. The van der Waals surface area contributed by atoms with Crippen LogP contribution in [0.15, 0.2) is 28.8 Å². The van der Waals surface area contributed by atoms with Crippen molar-refractivity contribution in [3.63, 3.8) is 0 Å². The van der Waals surface area contributed by atoms with Crippen molar-refractivity contribution < 1.29 is 4.74 Å². The molecule has 1 heterocycles. The minimum absolute atomic E-state index is 0.00405.